The molecule has 0 aliphatic heterocycles. The van der Waals surface area contributed by atoms with E-state index >= 15 is 0 Å². The Morgan fingerprint density at radius 3 is 2.95 bits per heavy atom. The first kappa shape index (κ1) is 14.3. The van der Waals surface area contributed by atoms with Crippen LogP contribution in [0, 0.1) is 13.8 Å². The third kappa shape index (κ3) is 3.48. The van der Waals surface area contributed by atoms with Crippen LogP contribution in [0.1, 0.15) is 33.9 Å². The van der Waals surface area contributed by atoms with Crippen LogP contribution in [-0.2, 0) is 13.1 Å². The van der Waals surface area contributed by atoms with E-state index in [9.17, 15) is 4.79 Å². The number of nitrogens with one attached hydrogen (secondary N) is 1. The number of aromatic nitrogens is 2. The van der Waals surface area contributed by atoms with E-state index in [0.717, 1.165) is 30.9 Å². The number of carbonyl (C=O) groups is 1. The van der Waals surface area contributed by atoms with Crippen LogP contribution in [0.5, 0.6) is 0 Å². The number of nitrogens with zero attached hydrogens (tertiary/aromatic N) is 2. The highest BCUT2D eigenvalue weighted by atomic mass is 16.4. The second-order valence-corrected chi connectivity index (χ2v) is 4.76. The van der Waals surface area contributed by atoms with Crippen molar-refractivity contribution < 1.29 is 14.3 Å². The van der Waals surface area contributed by atoms with Crippen molar-refractivity contribution >= 4 is 5.97 Å². The maximum atomic E-state index is 10.9. The largest absolute Gasteiger partial charge is 0.475 e. The minimum atomic E-state index is -1.03. The number of hydrogen-bond acceptors (Lipinski definition) is 4. The number of hydrogen-bond donors (Lipinski definition) is 2. The van der Waals surface area contributed by atoms with Gasteiger partial charge >= 0.3 is 5.97 Å². The van der Waals surface area contributed by atoms with Gasteiger partial charge in [-0.3, -0.25) is 4.68 Å². The molecule has 0 unspecified atom stereocenters. The van der Waals surface area contributed by atoms with Gasteiger partial charge in [-0.05, 0) is 38.9 Å². The molecule has 2 rings (SSSR count). The van der Waals surface area contributed by atoms with Crippen molar-refractivity contribution in [3.05, 3.63) is 41.1 Å². The highest BCUT2D eigenvalue weighted by Gasteiger charge is 2.12. The van der Waals surface area contributed by atoms with Gasteiger partial charge in [0, 0.05) is 24.3 Å². The van der Waals surface area contributed by atoms with Gasteiger partial charge in [0.15, 0.2) is 0 Å². The summed E-state index contributed by atoms with van der Waals surface area (Å²) in [5.41, 5.74) is 2.86. The van der Waals surface area contributed by atoms with E-state index < -0.39 is 5.97 Å². The highest BCUT2D eigenvalue weighted by molar-refractivity contribution is 5.86. The number of rotatable bonds is 7. The smallest absolute Gasteiger partial charge is 0.372 e. The third-order valence-corrected chi connectivity index (χ3v) is 3.08. The summed E-state index contributed by atoms with van der Waals surface area (Å²) in [6.45, 7) is 6.16. The Balaban J connectivity index is 1.73. The molecule has 0 saturated heterocycles. The molecule has 2 N–H and O–H groups in total. The van der Waals surface area contributed by atoms with E-state index in [4.69, 9.17) is 9.52 Å². The first-order valence-electron chi connectivity index (χ1n) is 6.59. The molecule has 0 bridgehead atoms. The van der Waals surface area contributed by atoms with E-state index in [1.807, 2.05) is 18.5 Å². The minimum absolute atomic E-state index is 0.0102. The summed E-state index contributed by atoms with van der Waals surface area (Å²) in [7, 11) is 0. The molecule has 0 aromatic carbocycles. The Kier molecular flexibility index (Phi) is 4.57. The van der Waals surface area contributed by atoms with Crippen LogP contribution in [-0.4, -0.2) is 27.4 Å². The zero-order chi connectivity index (χ0) is 14.5. The van der Waals surface area contributed by atoms with E-state index in [1.54, 1.807) is 6.07 Å². The zero-order valence-corrected chi connectivity index (χ0v) is 11.7. The molecule has 20 heavy (non-hydrogen) atoms. The minimum Gasteiger partial charge on any atom is -0.475 e. The average molecular weight is 277 g/mol. The fraction of sp³-hybridized carbons (Fsp3) is 0.429. The van der Waals surface area contributed by atoms with Crippen LogP contribution in [0.4, 0.5) is 0 Å². The Morgan fingerprint density at radius 1 is 1.50 bits per heavy atom. The van der Waals surface area contributed by atoms with Gasteiger partial charge < -0.3 is 14.8 Å². The summed E-state index contributed by atoms with van der Waals surface area (Å²) in [4.78, 5) is 10.9. The van der Waals surface area contributed by atoms with E-state index in [2.05, 4.69) is 16.5 Å². The molecule has 6 nitrogen and oxygen atoms in total. The molecule has 0 aliphatic carbocycles. The van der Waals surface area contributed by atoms with Crippen molar-refractivity contribution in [2.24, 2.45) is 0 Å². The van der Waals surface area contributed by atoms with Crippen molar-refractivity contribution in [3.63, 3.8) is 0 Å². The molecule has 0 saturated carbocycles. The molecule has 0 atom stereocenters. The van der Waals surface area contributed by atoms with E-state index in [0.29, 0.717) is 12.1 Å². The molecule has 0 amide bonds. The Labute approximate surface area is 117 Å². The van der Waals surface area contributed by atoms with Crippen molar-refractivity contribution in [1.29, 1.82) is 0 Å². The predicted octanol–water partition coefficient (Wildman–Crippen LogP) is 1.97. The molecule has 0 spiro atoms. The summed E-state index contributed by atoms with van der Waals surface area (Å²) in [6, 6.07) is 3.73. The Hall–Kier alpha value is -2.08. The zero-order valence-electron chi connectivity index (χ0n) is 11.7. The van der Waals surface area contributed by atoms with Crippen LogP contribution in [0.3, 0.4) is 0 Å². The lowest BCUT2D eigenvalue weighted by Gasteiger charge is -2.06. The maximum absolute atomic E-state index is 10.9. The molecule has 0 fully saturated rings. The highest BCUT2D eigenvalue weighted by Crippen LogP contribution is 2.10. The van der Waals surface area contributed by atoms with Gasteiger partial charge in [0.05, 0.1) is 12.0 Å². The van der Waals surface area contributed by atoms with Crippen LogP contribution in [0.15, 0.2) is 22.8 Å². The molecule has 0 radical (unpaired) electrons. The summed E-state index contributed by atoms with van der Waals surface area (Å²) < 4.78 is 6.90. The fourth-order valence-corrected chi connectivity index (χ4v) is 2.14. The Bertz CT molecular complexity index is 586. The summed E-state index contributed by atoms with van der Waals surface area (Å²) in [5.74, 6) is -1.02. The normalized spacial score (nSPS) is 10.9. The van der Waals surface area contributed by atoms with Gasteiger partial charge in [-0.2, -0.15) is 5.10 Å². The maximum Gasteiger partial charge on any atom is 0.372 e. The lowest BCUT2D eigenvalue weighted by atomic mass is 10.2. The molecule has 108 valence electrons. The topological polar surface area (TPSA) is 80.3 Å². The number of furan rings is 1. The Morgan fingerprint density at radius 2 is 2.30 bits per heavy atom. The number of carboxylic acids is 1. The second-order valence-electron chi connectivity index (χ2n) is 4.76. The number of aryl methyl sites for hydroxylation is 3. The van der Waals surface area contributed by atoms with Gasteiger partial charge in [0.25, 0.3) is 0 Å². The van der Waals surface area contributed by atoms with Gasteiger partial charge in [0.1, 0.15) is 0 Å². The first-order valence-corrected chi connectivity index (χ1v) is 6.59. The van der Waals surface area contributed by atoms with Crippen molar-refractivity contribution in [2.45, 2.75) is 33.4 Å². The predicted molar refractivity (Wildman–Crippen MR) is 73.7 cm³/mol. The monoisotopic (exact) mass is 277 g/mol. The van der Waals surface area contributed by atoms with Crippen molar-refractivity contribution in [2.75, 3.05) is 6.54 Å². The molecular weight excluding hydrogens is 258 g/mol. The van der Waals surface area contributed by atoms with Crippen LogP contribution >= 0.6 is 0 Å². The SMILES string of the molecule is Cc1cc(C)n(CCCNCc2ccoc2C(=O)O)n1. The fourth-order valence-electron chi connectivity index (χ4n) is 2.14. The van der Waals surface area contributed by atoms with Gasteiger partial charge in [-0.15, -0.1) is 0 Å². The van der Waals surface area contributed by atoms with Gasteiger partial charge in [-0.25, -0.2) is 4.79 Å². The summed E-state index contributed by atoms with van der Waals surface area (Å²) in [5, 5.41) is 16.5. The lowest BCUT2D eigenvalue weighted by Crippen LogP contribution is -2.18. The molecule has 0 aliphatic rings. The van der Waals surface area contributed by atoms with E-state index in [1.165, 1.54) is 6.26 Å². The van der Waals surface area contributed by atoms with Crippen LogP contribution in [0.25, 0.3) is 0 Å². The summed E-state index contributed by atoms with van der Waals surface area (Å²) in [6.07, 6.45) is 2.33. The molecule has 2 aromatic rings. The standard InChI is InChI=1S/C14H19N3O3/c1-10-8-11(2)17(16-10)6-3-5-15-9-12-4-7-20-13(12)14(18)19/h4,7-8,15H,3,5-6,9H2,1-2H3,(H,18,19). The molecular formula is C14H19N3O3. The molecule has 6 heteroatoms. The number of aromatic carboxylic acids is 1. The first-order chi connectivity index (χ1) is 9.58. The van der Waals surface area contributed by atoms with E-state index in [-0.39, 0.29) is 5.76 Å². The van der Waals surface area contributed by atoms with Crippen molar-refractivity contribution in [3.8, 4) is 0 Å². The van der Waals surface area contributed by atoms with Crippen LogP contribution < -0.4 is 5.32 Å². The lowest BCUT2D eigenvalue weighted by molar-refractivity contribution is 0.0660. The third-order valence-electron chi connectivity index (χ3n) is 3.08. The number of carboxylic acid groups (broad SMARTS) is 1. The second kappa shape index (κ2) is 6.38. The van der Waals surface area contributed by atoms with Crippen LogP contribution in [0.2, 0.25) is 0 Å². The quantitative estimate of drug-likeness (QED) is 0.756. The van der Waals surface area contributed by atoms with Gasteiger partial charge in [-0.1, -0.05) is 0 Å². The van der Waals surface area contributed by atoms with Gasteiger partial charge in [0.2, 0.25) is 5.76 Å². The van der Waals surface area contributed by atoms with Crippen molar-refractivity contribution in [1.82, 2.24) is 15.1 Å². The molecule has 2 heterocycles. The average Bonchev–Trinajstić information content (AvgIpc) is 2.96. The summed E-state index contributed by atoms with van der Waals surface area (Å²) >= 11 is 0. The molecule has 2 aromatic heterocycles.